The van der Waals surface area contributed by atoms with Crippen LogP contribution in [-0.2, 0) is 14.3 Å². The third kappa shape index (κ3) is 5.00. The van der Waals surface area contributed by atoms with Crippen LogP contribution in [0.2, 0.25) is 0 Å². The maximum atomic E-state index is 12.1. The lowest BCUT2D eigenvalue weighted by atomic mass is 9.78. The Hall–Kier alpha value is -0.710. The molecule has 1 aliphatic carbocycles. The van der Waals surface area contributed by atoms with E-state index in [1.807, 2.05) is 26.8 Å². The van der Waals surface area contributed by atoms with Gasteiger partial charge in [-0.15, -0.1) is 0 Å². The summed E-state index contributed by atoms with van der Waals surface area (Å²) in [7, 11) is 1.60. The van der Waals surface area contributed by atoms with Crippen molar-refractivity contribution in [1.29, 1.82) is 0 Å². The van der Waals surface area contributed by atoms with E-state index >= 15 is 0 Å². The number of ketones is 1. The molecule has 116 valence electrons. The molecule has 4 nitrogen and oxygen atoms in total. The number of Topliss-reactive ketones (excluding diaryl/α,β-unsaturated/α-hetero) is 1. The lowest BCUT2D eigenvalue weighted by molar-refractivity contribution is -0.145. The number of carbonyl (C=O) groups excluding carboxylic acids is 1. The van der Waals surface area contributed by atoms with Crippen LogP contribution in [0.5, 0.6) is 0 Å². The summed E-state index contributed by atoms with van der Waals surface area (Å²) in [5, 5.41) is 10.3. The summed E-state index contributed by atoms with van der Waals surface area (Å²) < 4.78 is 11.2. The number of methoxy groups -OCH3 is 1. The van der Waals surface area contributed by atoms with Gasteiger partial charge in [0.15, 0.2) is 0 Å². The quantitative estimate of drug-likeness (QED) is 0.730. The molecule has 0 heterocycles. The van der Waals surface area contributed by atoms with Crippen LogP contribution < -0.4 is 0 Å². The van der Waals surface area contributed by atoms with Crippen molar-refractivity contribution in [1.82, 2.24) is 0 Å². The van der Waals surface area contributed by atoms with Crippen LogP contribution in [0.1, 0.15) is 46.5 Å². The highest BCUT2D eigenvalue weighted by atomic mass is 16.5. The molecule has 0 saturated heterocycles. The minimum Gasteiger partial charge on any atom is -0.392 e. The molecule has 0 spiro atoms. The van der Waals surface area contributed by atoms with Gasteiger partial charge < -0.3 is 14.6 Å². The summed E-state index contributed by atoms with van der Waals surface area (Å²) in [6, 6.07) is 0. The lowest BCUT2D eigenvalue weighted by Crippen LogP contribution is -2.47. The molecular weight excluding hydrogens is 256 g/mol. The van der Waals surface area contributed by atoms with Crippen molar-refractivity contribution in [2.75, 3.05) is 13.7 Å². The molecule has 1 fully saturated rings. The monoisotopic (exact) mass is 284 g/mol. The zero-order valence-electron chi connectivity index (χ0n) is 13.1. The predicted molar refractivity (Wildman–Crippen MR) is 78.6 cm³/mol. The van der Waals surface area contributed by atoms with Crippen molar-refractivity contribution in [2.24, 2.45) is 5.92 Å². The summed E-state index contributed by atoms with van der Waals surface area (Å²) in [6.07, 6.45) is 3.56. The normalized spacial score (nSPS) is 30.1. The van der Waals surface area contributed by atoms with Crippen molar-refractivity contribution in [3.8, 4) is 0 Å². The first-order valence-corrected chi connectivity index (χ1v) is 7.48. The van der Waals surface area contributed by atoms with Crippen LogP contribution in [0, 0.1) is 5.92 Å². The van der Waals surface area contributed by atoms with Gasteiger partial charge in [-0.05, 0) is 20.3 Å². The third-order valence-corrected chi connectivity index (χ3v) is 3.81. The van der Waals surface area contributed by atoms with Gasteiger partial charge in [0.1, 0.15) is 5.78 Å². The van der Waals surface area contributed by atoms with Crippen molar-refractivity contribution < 1.29 is 19.4 Å². The summed E-state index contributed by atoms with van der Waals surface area (Å²) in [5.41, 5.74) is 1.21. The smallest absolute Gasteiger partial charge is 0.141 e. The Morgan fingerprint density at radius 2 is 2.05 bits per heavy atom. The first kappa shape index (κ1) is 17.3. The largest absolute Gasteiger partial charge is 0.392 e. The fourth-order valence-electron chi connectivity index (χ4n) is 2.73. The van der Waals surface area contributed by atoms with E-state index in [4.69, 9.17) is 9.47 Å². The topological polar surface area (TPSA) is 55.8 Å². The van der Waals surface area contributed by atoms with Gasteiger partial charge in [-0.1, -0.05) is 18.6 Å². The maximum Gasteiger partial charge on any atom is 0.141 e. The van der Waals surface area contributed by atoms with Gasteiger partial charge in [0.2, 0.25) is 0 Å². The lowest BCUT2D eigenvalue weighted by Gasteiger charge is -2.37. The van der Waals surface area contributed by atoms with E-state index in [0.717, 1.165) is 6.42 Å². The van der Waals surface area contributed by atoms with Crippen LogP contribution in [0.4, 0.5) is 0 Å². The molecule has 4 heteroatoms. The van der Waals surface area contributed by atoms with Crippen molar-refractivity contribution >= 4 is 5.78 Å². The fraction of sp³-hybridized carbons (Fsp3) is 0.812. The number of allylic oxidation sites excluding steroid dienone is 1. The molecule has 4 unspecified atom stereocenters. The van der Waals surface area contributed by atoms with Crippen molar-refractivity contribution in [2.45, 2.75) is 64.8 Å². The highest BCUT2D eigenvalue weighted by molar-refractivity contribution is 5.82. The summed E-state index contributed by atoms with van der Waals surface area (Å²) >= 11 is 0. The van der Waals surface area contributed by atoms with E-state index in [-0.39, 0.29) is 18.0 Å². The first-order chi connectivity index (χ1) is 9.49. The van der Waals surface area contributed by atoms with Gasteiger partial charge in [0.25, 0.3) is 0 Å². The van der Waals surface area contributed by atoms with Gasteiger partial charge in [-0.25, -0.2) is 0 Å². The number of hydrogen-bond donors (Lipinski definition) is 1. The Morgan fingerprint density at radius 3 is 2.60 bits per heavy atom. The maximum absolute atomic E-state index is 12.1. The number of aliphatic hydroxyl groups excluding tert-OH is 1. The zero-order chi connectivity index (χ0) is 15.1. The standard InChI is InChI=1S/C16H28O4/c1-5-6-13(17)16-14(18)9-12(10-15(16)19-4)20-8-7-11(2)3/h7,12,14-16,18H,5-6,8-10H2,1-4H3. The molecule has 20 heavy (non-hydrogen) atoms. The van der Waals surface area contributed by atoms with Crippen molar-refractivity contribution in [3.63, 3.8) is 0 Å². The van der Waals surface area contributed by atoms with Crippen LogP contribution in [-0.4, -0.2) is 42.9 Å². The molecule has 0 amide bonds. The Morgan fingerprint density at radius 1 is 1.35 bits per heavy atom. The van der Waals surface area contributed by atoms with Gasteiger partial charge in [-0.3, -0.25) is 4.79 Å². The molecule has 0 aromatic carbocycles. The molecule has 0 aromatic heterocycles. The number of rotatable bonds is 7. The molecule has 1 saturated carbocycles. The molecule has 0 aromatic rings. The summed E-state index contributed by atoms with van der Waals surface area (Å²) in [4.78, 5) is 12.1. The highest BCUT2D eigenvalue weighted by Crippen LogP contribution is 2.31. The third-order valence-electron chi connectivity index (χ3n) is 3.81. The average Bonchev–Trinajstić information content (AvgIpc) is 2.37. The van der Waals surface area contributed by atoms with Crippen LogP contribution in [0.3, 0.4) is 0 Å². The second kappa shape index (κ2) is 8.55. The van der Waals surface area contributed by atoms with Gasteiger partial charge in [0, 0.05) is 26.4 Å². The molecule has 1 N–H and O–H groups in total. The Labute approximate surface area is 122 Å². The van der Waals surface area contributed by atoms with Gasteiger partial charge in [-0.2, -0.15) is 0 Å². The predicted octanol–water partition coefficient (Wildman–Crippen LogP) is 2.49. The van der Waals surface area contributed by atoms with Crippen molar-refractivity contribution in [3.05, 3.63) is 11.6 Å². The SMILES string of the molecule is CCCC(=O)C1C(O)CC(OCC=C(C)C)CC1OC. The van der Waals surface area contributed by atoms with Gasteiger partial charge >= 0.3 is 0 Å². The number of carbonyl (C=O) groups is 1. The average molecular weight is 284 g/mol. The Kier molecular flexibility index (Phi) is 7.41. The van der Waals surface area contributed by atoms with Crippen LogP contribution >= 0.6 is 0 Å². The second-order valence-electron chi connectivity index (χ2n) is 5.79. The van der Waals surface area contributed by atoms with E-state index < -0.39 is 12.0 Å². The summed E-state index contributed by atoms with van der Waals surface area (Å²) in [6.45, 7) is 6.57. The molecule has 0 radical (unpaired) electrons. The molecule has 0 aliphatic heterocycles. The number of hydrogen-bond acceptors (Lipinski definition) is 4. The fourth-order valence-corrected chi connectivity index (χ4v) is 2.73. The minimum atomic E-state index is -0.663. The molecule has 1 rings (SSSR count). The minimum absolute atomic E-state index is 0.0452. The Bertz CT molecular complexity index is 333. The van der Waals surface area contributed by atoms with E-state index in [2.05, 4.69) is 0 Å². The van der Waals surface area contributed by atoms with Gasteiger partial charge in [0.05, 0.1) is 30.8 Å². The van der Waals surface area contributed by atoms with E-state index in [0.29, 0.717) is 25.9 Å². The molecule has 4 atom stereocenters. The molecule has 1 aliphatic rings. The Balaban J connectivity index is 2.60. The highest BCUT2D eigenvalue weighted by Gasteiger charge is 2.41. The number of aliphatic hydroxyl groups is 1. The first-order valence-electron chi connectivity index (χ1n) is 7.48. The van der Waals surface area contributed by atoms with E-state index in [1.54, 1.807) is 7.11 Å². The van der Waals surface area contributed by atoms with Crippen LogP contribution in [0.15, 0.2) is 11.6 Å². The van der Waals surface area contributed by atoms with E-state index in [1.165, 1.54) is 5.57 Å². The molecular formula is C16H28O4. The van der Waals surface area contributed by atoms with Crippen LogP contribution in [0.25, 0.3) is 0 Å². The zero-order valence-corrected chi connectivity index (χ0v) is 13.1. The second-order valence-corrected chi connectivity index (χ2v) is 5.79. The number of ether oxygens (including phenoxy) is 2. The molecule has 0 bridgehead atoms. The summed E-state index contributed by atoms with van der Waals surface area (Å²) in [5.74, 6) is -0.294. The van der Waals surface area contributed by atoms with E-state index in [9.17, 15) is 9.90 Å².